The lowest BCUT2D eigenvalue weighted by molar-refractivity contribution is -0.0555. The summed E-state index contributed by atoms with van der Waals surface area (Å²) in [5, 5.41) is 5.12. The van der Waals surface area contributed by atoms with Gasteiger partial charge in [-0.1, -0.05) is 40.2 Å². The number of benzene rings is 2. The standard InChI is InChI=1S/C18H21BrN2O3/c1-2-23-12-14-11-21(9-10-24-14)18(22)20-16-8-4-6-13-5-3-7-15(19)17(13)16/h3-8,14H,2,9-12H2,1H3,(H,20,22). The maximum absolute atomic E-state index is 12.6. The van der Waals surface area contributed by atoms with Crippen LogP contribution in [-0.4, -0.2) is 49.9 Å². The molecule has 24 heavy (non-hydrogen) atoms. The molecule has 0 radical (unpaired) electrons. The minimum absolute atomic E-state index is 0.0660. The lowest BCUT2D eigenvalue weighted by Gasteiger charge is -2.32. The topological polar surface area (TPSA) is 50.8 Å². The largest absolute Gasteiger partial charge is 0.379 e. The van der Waals surface area contributed by atoms with Gasteiger partial charge in [0, 0.05) is 23.0 Å². The molecule has 2 amide bonds. The molecule has 1 heterocycles. The third kappa shape index (κ3) is 3.88. The van der Waals surface area contributed by atoms with Crippen molar-refractivity contribution >= 4 is 38.4 Å². The average Bonchev–Trinajstić information content (AvgIpc) is 2.60. The molecule has 1 fully saturated rings. The zero-order valence-corrected chi connectivity index (χ0v) is 15.2. The van der Waals surface area contributed by atoms with Gasteiger partial charge in [0.2, 0.25) is 0 Å². The van der Waals surface area contributed by atoms with Gasteiger partial charge in [-0.15, -0.1) is 0 Å². The molecule has 1 aliphatic heterocycles. The van der Waals surface area contributed by atoms with E-state index in [9.17, 15) is 4.79 Å². The number of hydrogen-bond acceptors (Lipinski definition) is 3. The summed E-state index contributed by atoms with van der Waals surface area (Å²) in [6, 6.07) is 11.8. The maximum atomic E-state index is 12.6. The van der Waals surface area contributed by atoms with Crippen LogP contribution in [0.3, 0.4) is 0 Å². The summed E-state index contributed by atoms with van der Waals surface area (Å²) in [5.41, 5.74) is 0.804. The molecule has 0 aromatic heterocycles. The van der Waals surface area contributed by atoms with Crippen LogP contribution < -0.4 is 5.32 Å². The van der Waals surface area contributed by atoms with Crippen molar-refractivity contribution in [3.8, 4) is 0 Å². The van der Waals surface area contributed by atoms with Crippen LogP contribution in [-0.2, 0) is 9.47 Å². The molecule has 2 aromatic rings. The van der Waals surface area contributed by atoms with Crippen molar-refractivity contribution < 1.29 is 14.3 Å². The number of morpholine rings is 1. The third-order valence-corrected chi connectivity index (χ3v) is 4.69. The number of nitrogens with one attached hydrogen (secondary N) is 1. The van der Waals surface area contributed by atoms with E-state index >= 15 is 0 Å². The number of amides is 2. The highest BCUT2D eigenvalue weighted by molar-refractivity contribution is 9.10. The number of urea groups is 1. The Hall–Kier alpha value is -1.63. The predicted octanol–water partition coefficient (Wildman–Crippen LogP) is 3.87. The first-order valence-corrected chi connectivity index (χ1v) is 8.91. The quantitative estimate of drug-likeness (QED) is 0.858. The molecule has 1 atom stereocenters. The summed E-state index contributed by atoms with van der Waals surface area (Å²) in [5.74, 6) is 0. The Morgan fingerprint density at radius 1 is 1.38 bits per heavy atom. The maximum Gasteiger partial charge on any atom is 0.322 e. The van der Waals surface area contributed by atoms with Gasteiger partial charge in [-0.2, -0.15) is 0 Å². The van der Waals surface area contributed by atoms with Crippen LogP contribution in [0.5, 0.6) is 0 Å². The number of rotatable bonds is 4. The molecule has 6 heteroatoms. The van der Waals surface area contributed by atoms with Crippen molar-refractivity contribution in [2.75, 3.05) is 38.2 Å². The Labute approximate surface area is 150 Å². The van der Waals surface area contributed by atoms with E-state index in [-0.39, 0.29) is 12.1 Å². The van der Waals surface area contributed by atoms with Gasteiger partial charge >= 0.3 is 6.03 Å². The van der Waals surface area contributed by atoms with E-state index in [0.717, 1.165) is 20.9 Å². The second kappa shape index (κ2) is 7.96. The summed E-state index contributed by atoms with van der Waals surface area (Å²) in [6.45, 7) is 4.77. The fourth-order valence-electron chi connectivity index (χ4n) is 2.85. The Bertz CT molecular complexity index is 717. The van der Waals surface area contributed by atoms with E-state index < -0.39 is 0 Å². The molecule has 1 unspecified atom stereocenters. The van der Waals surface area contributed by atoms with Gasteiger partial charge in [0.25, 0.3) is 0 Å². The van der Waals surface area contributed by atoms with Gasteiger partial charge in [0.1, 0.15) is 0 Å². The van der Waals surface area contributed by atoms with Gasteiger partial charge in [0.05, 0.1) is 31.5 Å². The minimum atomic E-state index is -0.108. The number of halogens is 1. The summed E-state index contributed by atoms with van der Waals surface area (Å²) in [4.78, 5) is 14.4. The van der Waals surface area contributed by atoms with Gasteiger partial charge in [-0.3, -0.25) is 0 Å². The van der Waals surface area contributed by atoms with E-state index in [2.05, 4.69) is 21.2 Å². The summed E-state index contributed by atoms with van der Waals surface area (Å²) < 4.78 is 12.0. The normalized spacial score (nSPS) is 17.9. The molecule has 128 valence electrons. The first kappa shape index (κ1) is 17.2. The Morgan fingerprint density at radius 3 is 2.96 bits per heavy atom. The minimum Gasteiger partial charge on any atom is -0.379 e. The predicted molar refractivity (Wildman–Crippen MR) is 98.5 cm³/mol. The zero-order valence-electron chi connectivity index (χ0n) is 13.6. The number of ether oxygens (including phenoxy) is 2. The van der Waals surface area contributed by atoms with Gasteiger partial charge in [-0.05, 0) is 24.4 Å². The molecular formula is C18H21BrN2O3. The van der Waals surface area contributed by atoms with Crippen LogP contribution in [0.15, 0.2) is 40.9 Å². The molecule has 2 aromatic carbocycles. The van der Waals surface area contributed by atoms with Crippen molar-refractivity contribution in [2.24, 2.45) is 0 Å². The molecule has 1 saturated heterocycles. The van der Waals surface area contributed by atoms with Crippen LogP contribution in [0.4, 0.5) is 10.5 Å². The summed E-state index contributed by atoms with van der Waals surface area (Å²) >= 11 is 3.57. The number of nitrogens with zero attached hydrogens (tertiary/aromatic N) is 1. The molecule has 1 N–H and O–H groups in total. The molecule has 1 aliphatic rings. The van der Waals surface area contributed by atoms with E-state index in [1.165, 1.54) is 0 Å². The molecule has 5 nitrogen and oxygen atoms in total. The van der Waals surface area contributed by atoms with Crippen molar-refractivity contribution in [3.63, 3.8) is 0 Å². The lowest BCUT2D eigenvalue weighted by Crippen LogP contribution is -2.48. The molecule has 3 rings (SSSR count). The van der Waals surface area contributed by atoms with E-state index in [4.69, 9.17) is 9.47 Å². The number of anilines is 1. The van der Waals surface area contributed by atoms with Crippen LogP contribution >= 0.6 is 15.9 Å². The molecule has 0 spiro atoms. The Morgan fingerprint density at radius 2 is 2.17 bits per heavy atom. The van der Waals surface area contributed by atoms with Crippen molar-refractivity contribution in [1.29, 1.82) is 0 Å². The second-order valence-corrected chi connectivity index (χ2v) is 6.53. The van der Waals surface area contributed by atoms with Crippen LogP contribution in [0.1, 0.15) is 6.92 Å². The highest BCUT2D eigenvalue weighted by atomic mass is 79.9. The van der Waals surface area contributed by atoms with Crippen LogP contribution in [0.2, 0.25) is 0 Å². The van der Waals surface area contributed by atoms with E-state index in [1.54, 1.807) is 4.90 Å². The Kier molecular flexibility index (Phi) is 5.71. The number of fused-ring (bicyclic) bond motifs is 1. The monoisotopic (exact) mass is 392 g/mol. The summed E-state index contributed by atoms with van der Waals surface area (Å²) in [7, 11) is 0. The number of hydrogen-bond donors (Lipinski definition) is 1. The van der Waals surface area contributed by atoms with Crippen LogP contribution in [0, 0.1) is 0 Å². The van der Waals surface area contributed by atoms with Gasteiger partial charge in [0.15, 0.2) is 0 Å². The van der Waals surface area contributed by atoms with Gasteiger partial charge < -0.3 is 19.7 Å². The fraction of sp³-hybridized carbons (Fsp3) is 0.389. The molecule has 0 bridgehead atoms. The smallest absolute Gasteiger partial charge is 0.322 e. The molecule has 0 saturated carbocycles. The fourth-order valence-corrected chi connectivity index (χ4v) is 3.44. The second-order valence-electron chi connectivity index (χ2n) is 5.67. The van der Waals surface area contributed by atoms with Crippen molar-refractivity contribution in [1.82, 2.24) is 4.90 Å². The van der Waals surface area contributed by atoms with Gasteiger partial charge in [-0.25, -0.2) is 4.79 Å². The SMILES string of the molecule is CCOCC1CN(C(=O)Nc2cccc3cccc(Br)c23)CCO1. The van der Waals surface area contributed by atoms with Crippen LogP contribution in [0.25, 0.3) is 10.8 Å². The summed E-state index contributed by atoms with van der Waals surface area (Å²) in [6.07, 6.45) is -0.0660. The highest BCUT2D eigenvalue weighted by Crippen LogP contribution is 2.30. The third-order valence-electron chi connectivity index (χ3n) is 4.03. The number of carbonyl (C=O) groups excluding carboxylic acids is 1. The first-order chi connectivity index (χ1) is 11.7. The first-order valence-electron chi connectivity index (χ1n) is 8.11. The highest BCUT2D eigenvalue weighted by Gasteiger charge is 2.24. The lowest BCUT2D eigenvalue weighted by atomic mass is 10.1. The zero-order chi connectivity index (χ0) is 16.9. The average molecular weight is 393 g/mol. The van der Waals surface area contributed by atoms with E-state index in [0.29, 0.717) is 32.9 Å². The van der Waals surface area contributed by atoms with Crippen molar-refractivity contribution in [2.45, 2.75) is 13.0 Å². The van der Waals surface area contributed by atoms with Crippen molar-refractivity contribution in [3.05, 3.63) is 40.9 Å². The molecular weight excluding hydrogens is 372 g/mol. The molecule has 0 aliphatic carbocycles. The van der Waals surface area contributed by atoms with E-state index in [1.807, 2.05) is 43.3 Å². The number of carbonyl (C=O) groups is 1. The Balaban J connectivity index is 1.73.